The summed E-state index contributed by atoms with van der Waals surface area (Å²) in [7, 11) is 0. The second-order valence-corrected chi connectivity index (χ2v) is 4.37. The number of carboxylic acids is 6. The molecule has 0 fully saturated rings. The van der Waals surface area contributed by atoms with Gasteiger partial charge in [0.15, 0.2) is 0 Å². The van der Waals surface area contributed by atoms with E-state index in [0.29, 0.717) is 0 Å². The Labute approximate surface area is 238 Å². The Bertz CT molecular complexity index is 500. The minimum absolute atomic E-state index is 0. The van der Waals surface area contributed by atoms with Crippen molar-refractivity contribution < 1.29 is 65.1 Å². The van der Waals surface area contributed by atoms with E-state index in [1.54, 1.807) is 0 Å². The first-order valence-electron chi connectivity index (χ1n) is 6.54. The van der Waals surface area contributed by atoms with Crippen LogP contribution in [0.15, 0.2) is 0 Å². The average Bonchev–Trinajstić information content (AvgIpc) is 2.44. The summed E-state index contributed by atoms with van der Waals surface area (Å²) in [6, 6.07) is -2.58. The van der Waals surface area contributed by atoms with Crippen LogP contribution in [0.5, 0.6) is 0 Å². The van der Waals surface area contributed by atoms with Crippen molar-refractivity contribution in [3.63, 3.8) is 0 Å². The quantitative estimate of drug-likeness (QED) is 0.133. The first kappa shape index (κ1) is 38.3. The molecule has 0 aromatic carbocycles. The van der Waals surface area contributed by atoms with Crippen molar-refractivity contribution in [2.45, 2.75) is 37.8 Å². The molecule has 0 aromatic heterocycles. The van der Waals surface area contributed by atoms with Gasteiger partial charge in [0.05, 0.1) is 25.7 Å². The maximum atomic E-state index is 9.85. The van der Waals surface area contributed by atoms with E-state index in [2.05, 4.69) is 0 Å². The molecule has 0 saturated heterocycles. The molecule has 0 aliphatic rings. The molecule has 16 heteroatoms. The van der Waals surface area contributed by atoms with Crippen LogP contribution >= 0.6 is 0 Å². The van der Waals surface area contributed by atoms with Gasteiger partial charge in [-0.2, -0.15) is 0 Å². The molecule has 0 heterocycles. The van der Waals surface area contributed by atoms with Gasteiger partial charge in [0.25, 0.3) is 0 Å². The van der Waals surface area contributed by atoms with Gasteiger partial charge in [-0.3, -0.25) is 28.8 Å². The molecule has 2 atom stereocenters. The van der Waals surface area contributed by atoms with Crippen LogP contribution in [0, 0.1) is 0 Å². The number of carbonyl (C=O) groups is 6. The number of rotatable bonds is 9. The van der Waals surface area contributed by atoms with E-state index < -0.39 is 60.7 Å². The molecule has 0 bridgehead atoms. The van der Waals surface area contributed by atoms with Gasteiger partial charge in [0, 0.05) is 0 Å². The predicted molar refractivity (Wildman–Crippen MR) is 96.2 cm³/mol. The molecule has 0 aromatic rings. The largest absolute Gasteiger partial charge is 2.00 e. The van der Waals surface area contributed by atoms with Crippen LogP contribution in [0.25, 0.3) is 0 Å². The van der Waals surface area contributed by atoms with Crippen molar-refractivity contribution in [1.82, 2.24) is 0 Å². The van der Waals surface area contributed by atoms with Crippen LogP contribution in [0.4, 0.5) is 0 Å². The molecular weight excluding hydrogens is 539 g/mol. The molecule has 0 amide bonds. The average molecular weight is 564 g/mol. The van der Waals surface area contributed by atoms with Crippen LogP contribution in [0.2, 0.25) is 0 Å². The smallest absolute Gasteiger partial charge is 1.00 e. The molecule has 0 radical (unpaired) electrons. The van der Waals surface area contributed by atoms with Crippen molar-refractivity contribution in [2.24, 2.45) is 11.5 Å². The number of carboxylic acid groups (broad SMARTS) is 6. The third-order valence-corrected chi connectivity index (χ3v) is 1.98. The van der Waals surface area contributed by atoms with E-state index >= 15 is 0 Å². The van der Waals surface area contributed by atoms with Gasteiger partial charge in [-0.1, -0.05) is 0 Å². The Morgan fingerprint density at radius 1 is 0.571 bits per heavy atom. The van der Waals surface area contributed by atoms with Gasteiger partial charge >= 0.3 is 127 Å². The van der Waals surface area contributed by atoms with Crippen LogP contribution in [-0.4, -0.2) is 170 Å². The molecular formula is C12H24N2O12Sr2. The van der Waals surface area contributed by atoms with E-state index in [0.717, 1.165) is 0 Å². The Hall–Kier alpha value is -0.299. The van der Waals surface area contributed by atoms with Gasteiger partial charge < -0.3 is 47.8 Å². The van der Waals surface area contributed by atoms with Crippen LogP contribution in [0.1, 0.15) is 31.4 Å². The molecule has 0 spiro atoms. The van der Waals surface area contributed by atoms with Crippen molar-refractivity contribution >= 4 is 127 Å². The first-order chi connectivity index (χ1) is 11.7. The maximum absolute atomic E-state index is 9.85. The summed E-state index contributed by atoms with van der Waals surface area (Å²) in [5.41, 5.74) is 9.67. The van der Waals surface area contributed by atoms with Gasteiger partial charge in [-0.15, -0.1) is 0 Å². The van der Waals surface area contributed by atoms with Gasteiger partial charge in [-0.05, 0) is 0 Å². The standard InChI is InChI=1S/2C4H7NO4.C4H6O4.2Sr.4H/c2*5-2(4(8)9)1-3(6)7;5-3(6)1-2-4(7)8;;;;;;/h2*2H,1,5H2,(H,6,7)(H,8,9);1-2H2,(H,5,6)(H,7,8);;;;;;/q;;;2*+2;4*-1/t2*2-;;;;;;;/m00......./s1. The Morgan fingerprint density at radius 2 is 0.786 bits per heavy atom. The molecule has 0 aliphatic carbocycles. The molecule has 0 unspecified atom stereocenters. The topological polar surface area (TPSA) is 276 Å². The molecule has 0 rings (SSSR count). The number of aliphatic carboxylic acids is 6. The number of nitrogens with two attached hydrogens (primary N) is 2. The fourth-order valence-corrected chi connectivity index (χ4v) is 0.765. The Morgan fingerprint density at radius 3 is 0.857 bits per heavy atom. The second kappa shape index (κ2) is 23.0. The number of hydrogen-bond acceptors (Lipinski definition) is 8. The molecule has 0 saturated carbocycles. The summed E-state index contributed by atoms with van der Waals surface area (Å²) in [5, 5.41) is 47.9. The normalized spacial score (nSPS) is 10.5. The monoisotopic (exact) mass is 564 g/mol. The van der Waals surface area contributed by atoms with Crippen molar-refractivity contribution in [3.8, 4) is 0 Å². The fraction of sp³-hybridized carbons (Fsp3) is 0.500. The SMILES string of the molecule is N[C@@H](CC(=O)O)C(=O)O.N[C@@H](CC(=O)O)C(=O)O.O=C(O)CCC(=O)O.[H-].[H-].[H-].[H-].[Sr+2].[Sr+2]. The summed E-state index contributed by atoms with van der Waals surface area (Å²) >= 11 is 0. The predicted octanol–water partition coefficient (Wildman–Crippen LogP) is -2.63. The molecule has 28 heavy (non-hydrogen) atoms. The van der Waals surface area contributed by atoms with Crippen molar-refractivity contribution in [1.29, 1.82) is 0 Å². The Balaban J connectivity index is -0.0000000324. The fourth-order valence-electron chi connectivity index (χ4n) is 0.765. The van der Waals surface area contributed by atoms with E-state index in [1.165, 1.54) is 0 Å². The molecule has 158 valence electrons. The molecule has 10 N–H and O–H groups in total. The zero-order chi connectivity index (χ0) is 21.4. The summed E-state index contributed by atoms with van der Waals surface area (Å²) in [6.07, 6.45) is -1.66. The minimum Gasteiger partial charge on any atom is -1.00 e. The van der Waals surface area contributed by atoms with E-state index in [9.17, 15) is 28.8 Å². The summed E-state index contributed by atoms with van der Waals surface area (Å²) in [6.45, 7) is 0. The van der Waals surface area contributed by atoms with E-state index in [-0.39, 0.29) is 110 Å². The van der Waals surface area contributed by atoms with Crippen LogP contribution in [0.3, 0.4) is 0 Å². The Kier molecular flexibility index (Phi) is 31.5. The first-order valence-corrected chi connectivity index (χ1v) is 6.54. The van der Waals surface area contributed by atoms with Gasteiger partial charge in [0.2, 0.25) is 0 Å². The second-order valence-electron chi connectivity index (χ2n) is 4.37. The van der Waals surface area contributed by atoms with Gasteiger partial charge in [-0.25, -0.2) is 0 Å². The third kappa shape index (κ3) is 36.6. The van der Waals surface area contributed by atoms with E-state index in [1.807, 2.05) is 0 Å². The summed E-state index contributed by atoms with van der Waals surface area (Å²) in [4.78, 5) is 58.5. The van der Waals surface area contributed by atoms with Crippen molar-refractivity contribution in [2.75, 3.05) is 0 Å². The minimum atomic E-state index is -1.29. The van der Waals surface area contributed by atoms with Gasteiger partial charge in [0.1, 0.15) is 12.1 Å². The third-order valence-electron chi connectivity index (χ3n) is 1.98. The zero-order valence-corrected chi connectivity index (χ0v) is 21.6. The van der Waals surface area contributed by atoms with E-state index in [4.69, 9.17) is 42.1 Å². The van der Waals surface area contributed by atoms with Crippen LogP contribution < -0.4 is 11.5 Å². The number of hydrogen-bond donors (Lipinski definition) is 8. The molecule has 14 nitrogen and oxygen atoms in total. The maximum Gasteiger partial charge on any atom is 2.00 e. The molecule has 0 aliphatic heterocycles. The summed E-state index contributed by atoms with van der Waals surface area (Å²) in [5.74, 6) is -7.15. The van der Waals surface area contributed by atoms with Crippen molar-refractivity contribution in [3.05, 3.63) is 0 Å². The summed E-state index contributed by atoms with van der Waals surface area (Å²) < 4.78 is 0. The van der Waals surface area contributed by atoms with Crippen LogP contribution in [-0.2, 0) is 28.8 Å². The zero-order valence-electron chi connectivity index (χ0n) is 18.7.